The highest BCUT2D eigenvalue weighted by Gasteiger charge is 2.06. The van der Waals surface area contributed by atoms with Gasteiger partial charge in [0.25, 0.3) is 0 Å². The molecule has 0 saturated carbocycles. The van der Waals surface area contributed by atoms with E-state index in [1.807, 2.05) is 6.92 Å². The van der Waals surface area contributed by atoms with E-state index in [9.17, 15) is 4.79 Å². The van der Waals surface area contributed by atoms with Crippen LogP contribution in [0.3, 0.4) is 0 Å². The zero-order chi connectivity index (χ0) is 8.69. The molecule has 0 saturated heterocycles. The minimum absolute atomic E-state index is 0.120. The molecule has 0 aromatic rings. The van der Waals surface area contributed by atoms with Gasteiger partial charge in [-0.15, -0.1) is 6.58 Å². The Morgan fingerprint density at radius 2 is 2.36 bits per heavy atom. The predicted molar refractivity (Wildman–Crippen MR) is 46.4 cm³/mol. The molecule has 0 aliphatic heterocycles. The predicted octanol–water partition coefficient (Wildman–Crippen LogP) is 0.240. The molecule has 0 aromatic heterocycles. The van der Waals surface area contributed by atoms with Gasteiger partial charge < -0.3 is 10.2 Å². The second kappa shape index (κ2) is 5.92. The van der Waals surface area contributed by atoms with Crippen molar-refractivity contribution in [2.24, 2.45) is 0 Å². The molecule has 64 valence electrons. The molecule has 1 N–H and O–H groups in total. The lowest BCUT2D eigenvalue weighted by atomic mass is 10.4. The third-order valence-corrected chi connectivity index (χ3v) is 1.41. The largest absolute Gasteiger partial charge is 0.338 e. The van der Waals surface area contributed by atoms with Crippen molar-refractivity contribution in [1.82, 2.24) is 10.2 Å². The third kappa shape index (κ3) is 3.78. The molecule has 0 fully saturated rings. The van der Waals surface area contributed by atoms with Crippen molar-refractivity contribution in [2.75, 3.05) is 26.7 Å². The van der Waals surface area contributed by atoms with Gasteiger partial charge in [-0.2, -0.15) is 0 Å². The summed E-state index contributed by atoms with van der Waals surface area (Å²) in [5, 5.41) is 2.82. The summed E-state index contributed by atoms with van der Waals surface area (Å²) in [6.45, 7) is 7.32. The Bertz CT molecular complexity index is 134. The summed E-state index contributed by atoms with van der Waals surface area (Å²) in [5.74, 6) is 0.120. The second-order valence-electron chi connectivity index (χ2n) is 2.25. The number of nitrogens with zero attached hydrogens (tertiary/aromatic N) is 1. The van der Waals surface area contributed by atoms with Crippen LogP contribution in [0.25, 0.3) is 0 Å². The standard InChI is InChI=1S/C8H16N2O/c1-4-6-10(5-2)8(11)7-9-3/h4,9H,1,5-7H2,2-3H3. The average molecular weight is 156 g/mol. The van der Waals surface area contributed by atoms with Gasteiger partial charge in [0.05, 0.1) is 6.54 Å². The van der Waals surface area contributed by atoms with Crippen molar-refractivity contribution in [3.8, 4) is 0 Å². The quantitative estimate of drug-likeness (QED) is 0.578. The number of rotatable bonds is 5. The second-order valence-corrected chi connectivity index (χ2v) is 2.25. The van der Waals surface area contributed by atoms with Crippen LogP contribution in [-0.4, -0.2) is 37.5 Å². The van der Waals surface area contributed by atoms with Crippen molar-refractivity contribution in [3.05, 3.63) is 12.7 Å². The van der Waals surface area contributed by atoms with Gasteiger partial charge in [-0.05, 0) is 14.0 Å². The molecule has 1 amide bonds. The molecule has 0 aliphatic rings. The smallest absolute Gasteiger partial charge is 0.236 e. The first kappa shape index (κ1) is 10.2. The Labute approximate surface area is 68.1 Å². The number of carbonyl (C=O) groups is 1. The normalized spacial score (nSPS) is 9.27. The molecule has 3 heteroatoms. The van der Waals surface area contributed by atoms with Crippen molar-refractivity contribution in [2.45, 2.75) is 6.92 Å². The van der Waals surface area contributed by atoms with Crippen molar-refractivity contribution < 1.29 is 4.79 Å². The van der Waals surface area contributed by atoms with E-state index in [0.717, 1.165) is 6.54 Å². The Morgan fingerprint density at radius 3 is 2.73 bits per heavy atom. The van der Waals surface area contributed by atoms with Gasteiger partial charge >= 0.3 is 0 Å². The molecule has 0 heterocycles. The lowest BCUT2D eigenvalue weighted by Gasteiger charge is -2.18. The lowest BCUT2D eigenvalue weighted by Crippen LogP contribution is -2.36. The van der Waals surface area contributed by atoms with E-state index in [4.69, 9.17) is 0 Å². The fraction of sp³-hybridized carbons (Fsp3) is 0.625. The van der Waals surface area contributed by atoms with Gasteiger partial charge in [-0.3, -0.25) is 4.79 Å². The summed E-state index contributed by atoms with van der Waals surface area (Å²) in [4.78, 5) is 12.9. The Morgan fingerprint density at radius 1 is 1.73 bits per heavy atom. The average Bonchev–Trinajstić information content (AvgIpc) is 2.00. The number of carbonyl (C=O) groups excluding carboxylic acids is 1. The molecule has 0 rings (SSSR count). The number of likely N-dealkylation sites (N-methyl/N-ethyl adjacent to an activating group) is 2. The van der Waals surface area contributed by atoms with Gasteiger partial charge in [-0.25, -0.2) is 0 Å². The first-order valence-corrected chi connectivity index (χ1v) is 3.79. The molecular formula is C8H16N2O. The molecule has 0 bridgehead atoms. The molecule has 11 heavy (non-hydrogen) atoms. The van der Waals surface area contributed by atoms with Crippen LogP contribution in [0, 0.1) is 0 Å². The van der Waals surface area contributed by atoms with Gasteiger partial charge in [0.1, 0.15) is 0 Å². The van der Waals surface area contributed by atoms with Gasteiger partial charge in [0, 0.05) is 13.1 Å². The first-order chi connectivity index (χ1) is 5.26. The van der Waals surface area contributed by atoms with Crippen LogP contribution in [-0.2, 0) is 4.79 Å². The van der Waals surface area contributed by atoms with E-state index < -0.39 is 0 Å². The highest BCUT2D eigenvalue weighted by atomic mass is 16.2. The van der Waals surface area contributed by atoms with E-state index in [2.05, 4.69) is 11.9 Å². The summed E-state index contributed by atoms with van der Waals surface area (Å²) >= 11 is 0. The van der Waals surface area contributed by atoms with Crippen LogP contribution in [0.2, 0.25) is 0 Å². The van der Waals surface area contributed by atoms with E-state index in [1.165, 1.54) is 0 Å². The minimum Gasteiger partial charge on any atom is -0.338 e. The van der Waals surface area contributed by atoms with Crippen LogP contribution in [0.1, 0.15) is 6.92 Å². The monoisotopic (exact) mass is 156 g/mol. The summed E-state index contributed by atoms with van der Waals surface area (Å²) in [6, 6.07) is 0. The minimum atomic E-state index is 0.120. The first-order valence-electron chi connectivity index (χ1n) is 3.79. The Hall–Kier alpha value is -0.830. The SMILES string of the molecule is C=CCN(CC)C(=O)CNC. The van der Waals surface area contributed by atoms with Gasteiger partial charge in [-0.1, -0.05) is 6.08 Å². The maximum absolute atomic E-state index is 11.2. The zero-order valence-corrected chi connectivity index (χ0v) is 7.26. The summed E-state index contributed by atoms with van der Waals surface area (Å²) in [7, 11) is 1.76. The highest BCUT2D eigenvalue weighted by molar-refractivity contribution is 5.78. The van der Waals surface area contributed by atoms with Gasteiger partial charge in [0.2, 0.25) is 5.91 Å². The summed E-state index contributed by atoms with van der Waals surface area (Å²) in [5.41, 5.74) is 0. The number of hydrogen-bond acceptors (Lipinski definition) is 2. The van der Waals surface area contributed by atoms with E-state index in [0.29, 0.717) is 13.1 Å². The number of hydrogen-bond donors (Lipinski definition) is 1. The van der Waals surface area contributed by atoms with Gasteiger partial charge in [0.15, 0.2) is 0 Å². The number of amides is 1. The van der Waals surface area contributed by atoms with Crippen molar-refractivity contribution in [3.63, 3.8) is 0 Å². The van der Waals surface area contributed by atoms with Crippen LogP contribution in [0.4, 0.5) is 0 Å². The lowest BCUT2D eigenvalue weighted by molar-refractivity contribution is -0.129. The highest BCUT2D eigenvalue weighted by Crippen LogP contribution is 1.87. The van der Waals surface area contributed by atoms with E-state index >= 15 is 0 Å². The maximum atomic E-state index is 11.2. The molecule has 0 aliphatic carbocycles. The van der Waals surface area contributed by atoms with Crippen LogP contribution in [0.15, 0.2) is 12.7 Å². The molecule has 0 aromatic carbocycles. The molecule has 0 spiro atoms. The fourth-order valence-corrected chi connectivity index (χ4v) is 0.826. The maximum Gasteiger partial charge on any atom is 0.236 e. The van der Waals surface area contributed by atoms with Crippen molar-refractivity contribution in [1.29, 1.82) is 0 Å². The fourth-order valence-electron chi connectivity index (χ4n) is 0.826. The van der Waals surface area contributed by atoms with E-state index in [1.54, 1.807) is 18.0 Å². The van der Waals surface area contributed by atoms with Crippen LogP contribution in [0.5, 0.6) is 0 Å². The topological polar surface area (TPSA) is 32.3 Å². The molecule has 0 radical (unpaired) electrons. The van der Waals surface area contributed by atoms with Crippen molar-refractivity contribution >= 4 is 5.91 Å². The zero-order valence-electron chi connectivity index (χ0n) is 7.26. The van der Waals surface area contributed by atoms with Crippen LogP contribution >= 0.6 is 0 Å². The summed E-state index contributed by atoms with van der Waals surface area (Å²) in [6.07, 6.45) is 1.73. The molecule has 0 atom stereocenters. The number of nitrogens with one attached hydrogen (secondary N) is 1. The molecule has 3 nitrogen and oxygen atoms in total. The summed E-state index contributed by atoms with van der Waals surface area (Å²) < 4.78 is 0. The molecule has 0 unspecified atom stereocenters. The Balaban J connectivity index is 3.80. The Kier molecular flexibility index (Phi) is 5.47. The molecular weight excluding hydrogens is 140 g/mol. The van der Waals surface area contributed by atoms with E-state index in [-0.39, 0.29) is 5.91 Å². The van der Waals surface area contributed by atoms with Crippen LogP contribution < -0.4 is 5.32 Å². The third-order valence-electron chi connectivity index (χ3n) is 1.41.